The van der Waals surface area contributed by atoms with Crippen molar-refractivity contribution in [2.24, 2.45) is 0 Å². The van der Waals surface area contributed by atoms with Crippen LogP contribution in [0.1, 0.15) is 34.6 Å². The van der Waals surface area contributed by atoms with Gasteiger partial charge in [-0.1, -0.05) is 55.5 Å². The first-order valence-corrected chi connectivity index (χ1v) is 8.33. The molecular formula is C20H21N3O2. The first kappa shape index (κ1) is 16.9. The van der Waals surface area contributed by atoms with Crippen LogP contribution in [0.2, 0.25) is 0 Å². The van der Waals surface area contributed by atoms with E-state index in [0.29, 0.717) is 12.0 Å². The highest BCUT2D eigenvalue weighted by molar-refractivity contribution is 5.95. The van der Waals surface area contributed by atoms with Crippen molar-refractivity contribution < 1.29 is 9.90 Å². The molecule has 1 atom stereocenters. The molecule has 0 unspecified atom stereocenters. The van der Waals surface area contributed by atoms with E-state index < -0.39 is 6.04 Å². The quantitative estimate of drug-likeness (QED) is 0.728. The molecule has 0 aliphatic carbocycles. The smallest absolute Gasteiger partial charge is 0.255 e. The minimum Gasteiger partial charge on any atom is -0.394 e. The van der Waals surface area contributed by atoms with Gasteiger partial charge in [-0.3, -0.25) is 4.79 Å². The molecule has 0 saturated carbocycles. The van der Waals surface area contributed by atoms with Gasteiger partial charge in [0.2, 0.25) is 0 Å². The zero-order chi connectivity index (χ0) is 17.6. The first-order chi connectivity index (χ1) is 12.2. The van der Waals surface area contributed by atoms with Gasteiger partial charge in [-0.25, -0.2) is 4.68 Å². The van der Waals surface area contributed by atoms with Crippen LogP contribution in [-0.4, -0.2) is 27.4 Å². The lowest BCUT2D eigenvalue weighted by molar-refractivity contribution is 0.0915. The molecular weight excluding hydrogens is 314 g/mol. The number of aliphatic hydroxyl groups is 1. The van der Waals surface area contributed by atoms with E-state index in [9.17, 15) is 9.90 Å². The maximum Gasteiger partial charge on any atom is 0.255 e. The molecule has 1 heterocycles. The Hall–Kier alpha value is -2.92. The molecule has 0 aliphatic heterocycles. The van der Waals surface area contributed by atoms with E-state index in [0.717, 1.165) is 16.9 Å². The topological polar surface area (TPSA) is 67.2 Å². The van der Waals surface area contributed by atoms with Gasteiger partial charge in [0.05, 0.1) is 35.8 Å². The van der Waals surface area contributed by atoms with E-state index in [-0.39, 0.29) is 12.5 Å². The fourth-order valence-corrected chi connectivity index (χ4v) is 2.85. The van der Waals surface area contributed by atoms with Crippen molar-refractivity contribution in [3.63, 3.8) is 0 Å². The SMILES string of the molecule is CCc1c(C(=O)N[C@H](CO)c2ccccc2)cnn1-c1ccccc1. The van der Waals surface area contributed by atoms with E-state index in [2.05, 4.69) is 10.4 Å². The van der Waals surface area contributed by atoms with Gasteiger partial charge in [0.15, 0.2) is 0 Å². The number of hydrogen-bond acceptors (Lipinski definition) is 3. The van der Waals surface area contributed by atoms with Crippen molar-refractivity contribution in [1.29, 1.82) is 0 Å². The monoisotopic (exact) mass is 335 g/mol. The molecule has 0 saturated heterocycles. The molecule has 1 aromatic heterocycles. The van der Waals surface area contributed by atoms with Gasteiger partial charge in [0.1, 0.15) is 0 Å². The minimum absolute atomic E-state index is 0.163. The van der Waals surface area contributed by atoms with Crippen molar-refractivity contribution in [2.75, 3.05) is 6.61 Å². The van der Waals surface area contributed by atoms with E-state index in [1.54, 1.807) is 10.9 Å². The molecule has 2 N–H and O–H groups in total. The van der Waals surface area contributed by atoms with Gasteiger partial charge in [0, 0.05) is 0 Å². The van der Waals surface area contributed by atoms with Gasteiger partial charge in [-0.2, -0.15) is 5.10 Å². The molecule has 1 amide bonds. The molecule has 25 heavy (non-hydrogen) atoms. The average Bonchev–Trinajstić information content (AvgIpc) is 3.11. The summed E-state index contributed by atoms with van der Waals surface area (Å²) < 4.78 is 1.78. The Morgan fingerprint density at radius 1 is 1.12 bits per heavy atom. The lowest BCUT2D eigenvalue weighted by atomic mass is 10.1. The number of para-hydroxylation sites is 1. The largest absolute Gasteiger partial charge is 0.394 e. The number of rotatable bonds is 6. The first-order valence-electron chi connectivity index (χ1n) is 8.33. The number of nitrogens with one attached hydrogen (secondary N) is 1. The Bertz CT molecular complexity index is 829. The Morgan fingerprint density at radius 2 is 1.76 bits per heavy atom. The number of benzene rings is 2. The average molecular weight is 335 g/mol. The second-order valence-electron chi connectivity index (χ2n) is 5.73. The minimum atomic E-state index is -0.446. The second kappa shape index (κ2) is 7.77. The van der Waals surface area contributed by atoms with Gasteiger partial charge < -0.3 is 10.4 Å². The molecule has 0 radical (unpaired) electrons. The molecule has 0 aliphatic rings. The maximum absolute atomic E-state index is 12.7. The van der Waals surface area contributed by atoms with Crippen molar-refractivity contribution in [2.45, 2.75) is 19.4 Å². The Kier molecular flexibility index (Phi) is 5.26. The summed E-state index contributed by atoms with van der Waals surface area (Å²) in [5.74, 6) is -0.234. The normalized spacial score (nSPS) is 11.9. The molecule has 0 bridgehead atoms. The van der Waals surface area contributed by atoms with Crippen molar-refractivity contribution in [1.82, 2.24) is 15.1 Å². The molecule has 0 fully saturated rings. The summed E-state index contributed by atoms with van der Waals surface area (Å²) in [6, 6.07) is 18.7. The van der Waals surface area contributed by atoms with Crippen LogP contribution in [0, 0.1) is 0 Å². The van der Waals surface area contributed by atoms with Gasteiger partial charge in [-0.05, 0) is 24.1 Å². The Balaban J connectivity index is 1.86. The number of nitrogens with zero attached hydrogens (tertiary/aromatic N) is 2. The lowest BCUT2D eigenvalue weighted by Gasteiger charge is -2.17. The fraction of sp³-hybridized carbons (Fsp3) is 0.200. The predicted octanol–water partition coefficient (Wildman–Crippen LogP) is 2.90. The van der Waals surface area contributed by atoms with Crippen LogP contribution in [0.3, 0.4) is 0 Å². The zero-order valence-corrected chi connectivity index (χ0v) is 14.1. The number of amides is 1. The fourth-order valence-electron chi connectivity index (χ4n) is 2.85. The molecule has 0 spiro atoms. The highest BCUT2D eigenvalue weighted by Gasteiger charge is 2.20. The number of hydrogen-bond donors (Lipinski definition) is 2. The molecule has 3 rings (SSSR count). The van der Waals surface area contributed by atoms with Crippen molar-refractivity contribution >= 4 is 5.91 Å². The third kappa shape index (κ3) is 3.61. The third-order valence-corrected chi connectivity index (χ3v) is 4.14. The summed E-state index contributed by atoms with van der Waals surface area (Å²) in [7, 11) is 0. The third-order valence-electron chi connectivity index (χ3n) is 4.14. The number of carbonyl (C=O) groups is 1. The van der Waals surface area contributed by atoms with E-state index in [1.807, 2.05) is 67.6 Å². The van der Waals surface area contributed by atoms with Gasteiger partial charge in [0.25, 0.3) is 5.91 Å². The van der Waals surface area contributed by atoms with Crippen LogP contribution in [0.25, 0.3) is 5.69 Å². The molecule has 5 nitrogen and oxygen atoms in total. The summed E-state index contributed by atoms with van der Waals surface area (Å²) in [5, 5.41) is 16.9. The summed E-state index contributed by atoms with van der Waals surface area (Å²) in [5.41, 5.74) is 3.15. The van der Waals surface area contributed by atoms with Crippen molar-refractivity contribution in [3.05, 3.63) is 83.7 Å². The molecule has 2 aromatic carbocycles. The highest BCUT2D eigenvalue weighted by atomic mass is 16.3. The standard InChI is InChI=1S/C20H21N3O2/c1-2-19-17(13-21-23(19)16-11-7-4-8-12-16)20(25)22-18(14-24)15-9-5-3-6-10-15/h3-13,18,24H,2,14H2,1H3,(H,22,25)/t18-/m1/s1. The lowest BCUT2D eigenvalue weighted by Crippen LogP contribution is -2.31. The highest BCUT2D eigenvalue weighted by Crippen LogP contribution is 2.18. The van der Waals surface area contributed by atoms with E-state index in [1.165, 1.54) is 0 Å². The van der Waals surface area contributed by atoms with E-state index >= 15 is 0 Å². The van der Waals surface area contributed by atoms with Crippen LogP contribution in [-0.2, 0) is 6.42 Å². The predicted molar refractivity (Wildman–Crippen MR) is 96.7 cm³/mol. The molecule has 128 valence electrons. The van der Waals surface area contributed by atoms with Gasteiger partial charge >= 0.3 is 0 Å². The Labute approximate surface area is 146 Å². The number of aromatic nitrogens is 2. The Morgan fingerprint density at radius 3 is 2.36 bits per heavy atom. The van der Waals surface area contributed by atoms with Crippen LogP contribution >= 0.6 is 0 Å². The van der Waals surface area contributed by atoms with Crippen LogP contribution in [0.4, 0.5) is 0 Å². The molecule has 5 heteroatoms. The molecule has 3 aromatic rings. The summed E-state index contributed by atoms with van der Waals surface area (Å²) in [6.45, 7) is 1.83. The number of aliphatic hydroxyl groups excluding tert-OH is 1. The summed E-state index contributed by atoms with van der Waals surface area (Å²) >= 11 is 0. The van der Waals surface area contributed by atoms with Crippen molar-refractivity contribution in [3.8, 4) is 5.69 Å². The van der Waals surface area contributed by atoms with E-state index in [4.69, 9.17) is 0 Å². The number of carbonyl (C=O) groups excluding carboxylic acids is 1. The zero-order valence-electron chi connectivity index (χ0n) is 14.1. The van der Waals surface area contributed by atoms with Gasteiger partial charge in [-0.15, -0.1) is 0 Å². The van der Waals surface area contributed by atoms with Crippen LogP contribution in [0.5, 0.6) is 0 Å². The summed E-state index contributed by atoms with van der Waals surface area (Å²) in [6.07, 6.45) is 2.26. The summed E-state index contributed by atoms with van der Waals surface area (Å²) in [4.78, 5) is 12.7. The van der Waals surface area contributed by atoms with Crippen LogP contribution < -0.4 is 5.32 Å². The van der Waals surface area contributed by atoms with Crippen LogP contribution in [0.15, 0.2) is 66.9 Å². The maximum atomic E-state index is 12.7. The second-order valence-corrected chi connectivity index (χ2v) is 5.73.